The lowest BCUT2D eigenvalue weighted by Gasteiger charge is -2.22. The predicted octanol–water partition coefficient (Wildman–Crippen LogP) is 1.39. The molecule has 0 amide bonds. The summed E-state index contributed by atoms with van der Waals surface area (Å²) in [5.74, 6) is 1.64. The van der Waals surface area contributed by atoms with Crippen molar-refractivity contribution in [2.45, 2.75) is 6.54 Å². The summed E-state index contributed by atoms with van der Waals surface area (Å²) < 4.78 is 11.0. The Labute approximate surface area is 107 Å². The molecule has 17 heavy (non-hydrogen) atoms. The molecular formula is C12H16N2O2S. The lowest BCUT2D eigenvalue weighted by molar-refractivity contribution is 0.171. The van der Waals surface area contributed by atoms with E-state index in [1.165, 1.54) is 0 Å². The second kappa shape index (κ2) is 5.23. The van der Waals surface area contributed by atoms with E-state index in [0.29, 0.717) is 13.2 Å². The number of hydrogen-bond acceptors (Lipinski definition) is 3. The normalized spacial score (nSPS) is 13.1. The van der Waals surface area contributed by atoms with Gasteiger partial charge in [0.2, 0.25) is 0 Å². The molecule has 1 heterocycles. The van der Waals surface area contributed by atoms with Crippen molar-refractivity contribution in [3.63, 3.8) is 0 Å². The number of nitrogens with one attached hydrogen (secondary N) is 1. The van der Waals surface area contributed by atoms with Crippen LogP contribution in [0.5, 0.6) is 11.5 Å². The zero-order valence-corrected chi connectivity index (χ0v) is 10.8. The van der Waals surface area contributed by atoms with Gasteiger partial charge in [0.15, 0.2) is 16.6 Å². The number of nitrogens with zero attached hydrogens (tertiary/aromatic N) is 1. The van der Waals surface area contributed by atoms with Gasteiger partial charge < -0.3 is 19.7 Å². The molecule has 0 unspecified atom stereocenters. The zero-order valence-electron chi connectivity index (χ0n) is 10.0. The molecule has 1 aliphatic rings. The highest BCUT2D eigenvalue weighted by atomic mass is 32.1. The maximum atomic E-state index is 5.54. The Balaban J connectivity index is 2.09. The first-order valence-corrected chi connectivity index (χ1v) is 5.93. The Bertz CT molecular complexity index is 423. The van der Waals surface area contributed by atoms with E-state index in [4.69, 9.17) is 21.7 Å². The van der Waals surface area contributed by atoms with Gasteiger partial charge >= 0.3 is 0 Å². The number of hydrogen-bond donors (Lipinski definition) is 1. The third-order valence-corrected chi connectivity index (χ3v) is 3.10. The molecule has 1 aromatic rings. The van der Waals surface area contributed by atoms with Crippen LogP contribution in [0.3, 0.4) is 0 Å². The Morgan fingerprint density at radius 1 is 1.35 bits per heavy atom. The van der Waals surface area contributed by atoms with Crippen molar-refractivity contribution in [3.8, 4) is 11.5 Å². The minimum absolute atomic E-state index is 0.612. The number of fused-ring (bicyclic) bond motifs is 1. The fourth-order valence-electron chi connectivity index (χ4n) is 1.72. The molecule has 0 aromatic heterocycles. The second-order valence-electron chi connectivity index (χ2n) is 3.89. The minimum atomic E-state index is 0.612. The maximum Gasteiger partial charge on any atom is 0.168 e. The highest BCUT2D eigenvalue weighted by molar-refractivity contribution is 7.80. The van der Waals surface area contributed by atoms with E-state index >= 15 is 0 Å². The molecule has 0 bridgehead atoms. The van der Waals surface area contributed by atoms with Crippen LogP contribution in [0.4, 0.5) is 0 Å². The van der Waals surface area contributed by atoms with Crippen LogP contribution in [0.2, 0.25) is 0 Å². The van der Waals surface area contributed by atoms with Crippen molar-refractivity contribution in [2.75, 3.05) is 27.3 Å². The van der Waals surface area contributed by atoms with Crippen LogP contribution in [0.1, 0.15) is 5.56 Å². The van der Waals surface area contributed by atoms with Crippen molar-refractivity contribution >= 4 is 17.3 Å². The van der Waals surface area contributed by atoms with Crippen molar-refractivity contribution in [1.82, 2.24) is 10.2 Å². The highest BCUT2D eigenvalue weighted by Crippen LogP contribution is 2.30. The molecular weight excluding hydrogens is 236 g/mol. The quantitative estimate of drug-likeness (QED) is 0.805. The summed E-state index contributed by atoms with van der Waals surface area (Å²) in [6, 6.07) is 5.98. The number of rotatable bonds is 2. The third-order valence-electron chi connectivity index (χ3n) is 2.59. The monoisotopic (exact) mass is 252 g/mol. The predicted molar refractivity (Wildman–Crippen MR) is 70.6 cm³/mol. The van der Waals surface area contributed by atoms with E-state index in [1.807, 2.05) is 37.2 Å². The number of benzene rings is 1. The smallest absolute Gasteiger partial charge is 0.168 e. The molecule has 0 atom stereocenters. The third kappa shape index (κ3) is 2.79. The van der Waals surface area contributed by atoms with Gasteiger partial charge in [0.05, 0.1) is 0 Å². The van der Waals surface area contributed by atoms with E-state index in [1.54, 1.807) is 0 Å². The number of ether oxygens (including phenoxy) is 2. The molecule has 1 aliphatic heterocycles. The van der Waals surface area contributed by atoms with Gasteiger partial charge in [-0.3, -0.25) is 0 Å². The van der Waals surface area contributed by atoms with Crippen LogP contribution in [0.15, 0.2) is 18.2 Å². The first kappa shape index (κ1) is 12.0. The van der Waals surface area contributed by atoms with E-state index < -0.39 is 0 Å². The number of thiocarbonyl (C=S) groups is 1. The lowest BCUT2D eigenvalue weighted by atomic mass is 10.2. The van der Waals surface area contributed by atoms with Crippen LogP contribution in [0, 0.1) is 0 Å². The van der Waals surface area contributed by atoms with Crippen molar-refractivity contribution in [2.24, 2.45) is 0 Å². The first-order chi connectivity index (χ1) is 8.20. The van der Waals surface area contributed by atoms with Crippen molar-refractivity contribution < 1.29 is 9.47 Å². The van der Waals surface area contributed by atoms with E-state index in [9.17, 15) is 0 Å². The standard InChI is InChI=1S/C12H16N2O2S/c1-13-12(17)14(2)8-9-3-4-10-11(7-9)16-6-5-15-10/h3-4,7H,5-6,8H2,1-2H3,(H,13,17). The van der Waals surface area contributed by atoms with Gasteiger partial charge in [0.25, 0.3) is 0 Å². The van der Waals surface area contributed by atoms with Gasteiger partial charge in [0.1, 0.15) is 13.2 Å². The SMILES string of the molecule is CNC(=S)N(C)Cc1ccc2c(c1)OCCO2. The van der Waals surface area contributed by atoms with Crippen LogP contribution in [-0.4, -0.2) is 37.3 Å². The fraction of sp³-hybridized carbons (Fsp3) is 0.417. The summed E-state index contributed by atoms with van der Waals surface area (Å²) in [5, 5.41) is 3.67. The van der Waals surface area contributed by atoms with Gasteiger partial charge in [-0.15, -0.1) is 0 Å². The van der Waals surface area contributed by atoms with E-state index in [2.05, 4.69) is 5.32 Å². The molecule has 0 saturated heterocycles. The molecule has 1 aromatic carbocycles. The largest absolute Gasteiger partial charge is 0.486 e. The lowest BCUT2D eigenvalue weighted by Crippen LogP contribution is -2.34. The summed E-state index contributed by atoms with van der Waals surface area (Å²) in [4.78, 5) is 1.97. The van der Waals surface area contributed by atoms with Gasteiger partial charge in [-0.25, -0.2) is 0 Å². The molecule has 92 valence electrons. The average Bonchev–Trinajstić information content (AvgIpc) is 2.37. The Morgan fingerprint density at radius 3 is 2.76 bits per heavy atom. The minimum Gasteiger partial charge on any atom is -0.486 e. The zero-order chi connectivity index (χ0) is 12.3. The van der Waals surface area contributed by atoms with E-state index in [-0.39, 0.29) is 0 Å². The van der Waals surface area contributed by atoms with Gasteiger partial charge in [-0.2, -0.15) is 0 Å². The van der Waals surface area contributed by atoms with Crippen LogP contribution < -0.4 is 14.8 Å². The summed E-state index contributed by atoms with van der Waals surface area (Å²) in [6.45, 7) is 1.98. The maximum absolute atomic E-state index is 5.54. The molecule has 0 radical (unpaired) electrons. The molecule has 0 spiro atoms. The Kier molecular flexibility index (Phi) is 3.68. The molecule has 2 rings (SSSR count). The summed E-state index contributed by atoms with van der Waals surface area (Å²) in [7, 11) is 3.78. The summed E-state index contributed by atoms with van der Waals surface area (Å²) >= 11 is 5.16. The Hall–Kier alpha value is -1.49. The molecule has 4 nitrogen and oxygen atoms in total. The first-order valence-electron chi connectivity index (χ1n) is 5.52. The van der Waals surface area contributed by atoms with Crippen LogP contribution in [-0.2, 0) is 6.54 Å². The van der Waals surface area contributed by atoms with Crippen LogP contribution >= 0.6 is 12.2 Å². The summed E-state index contributed by atoms with van der Waals surface area (Å²) in [5.41, 5.74) is 1.15. The van der Waals surface area contributed by atoms with E-state index in [0.717, 1.165) is 28.7 Å². The Morgan fingerprint density at radius 2 is 2.06 bits per heavy atom. The van der Waals surface area contributed by atoms with Gasteiger partial charge in [-0.1, -0.05) is 6.07 Å². The van der Waals surface area contributed by atoms with Crippen LogP contribution in [0.25, 0.3) is 0 Å². The molecule has 0 saturated carbocycles. The van der Waals surface area contributed by atoms with Crippen molar-refractivity contribution in [3.05, 3.63) is 23.8 Å². The fourth-order valence-corrected chi connectivity index (χ4v) is 1.79. The van der Waals surface area contributed by atoms with Gasteiger partial charge in [-0.05, 0) is 29.9 Å². The average molecular weight is 252 g/mol. The highest BCUT2D eigenvalue weighted by Gasteiger charge is 2.12. The second-order valence-corrected chi connectivity index (χ2v) is 4.28. The molecule has 0 fully saturated rings. The molecule has 0 aliphatic carbocycles. The molecule has 5 heteroatoms. The van der Waals surface area contributed by atoms with Crippen molar-refractivity contribution in [1.29, 1.82) is 0 Å². The topological polar surface area (TPSA) is 33.7 Å². The summed E-state index contributed by atoms with van der Waals surface area (Å²) in [6.07, 6.45) is 0. The van der Waals surface area contributed by atoms with Gasteiger partial charge in [0, 0.05) is 20.6 Å². The molecule has 1 N–H and O–H groups in total.